The Bertz CT molecular complexity index is 618. The number of nitrogens with zero attached hydrogens (tertiary/aromatic N) is 1. The van der Waals surface area contributed by atoms with Crippen molar-refractivity contribution in [3.8, 4) is 0 Å². The van der Waals surface area contributed by atoms with Crippen LogP contribution in [0.1, 0.15) is 35.3 Å². The van der Waals surface area contributed by atoms with Gasteiger partial charge in [-0.25, -0.2) is 0 Å². The number of carbonyl (C=O) groups excluding carboxylic acids is 1. The summed E-state index contributed by atoms with van der Waals surface area (Å²) >= 11 is 1.78. The highest BCUT2D eigenvalue weighted by Gasteiger charge is 2.21. The number of amides is 1. The average molecular weight is 299 g/mol. The van der Waals surface area contributed by atoms with Crippen molar-refractivity contribution in [2.75, 3.05) is 11.4 Å². The molecule has 2 nitrogen and oxygen atoms in total. The lowest BCUT2D eigenvalue weighted by Crippen LogP contribution is -2.35. The van der Waals surface area contributed by atoms with E-state index in [1.54, 1.807) is 11.3 Å². The third-order valence-electron chi connectivity index (χ3n) is 4.05. The number of thiophene rings is 1. The van der Waals surface area contributed by atoms with Gasteiger partial charge in [-0.1, -0.05) is 23.8 Å². The Labute approximate surface area is 130 Å². The van der Waals surface area contributed by atoms with Crippen LogP contribution in [-0.4, -0.2) is 12.5 Å². The molecule has 0 saturated heterocycles. The van der Waals surface area contributed by atoms with Crippen LogP contribution in [0.15, 0.2) is 35.7 Å². The third-order valence-corrected chi connectivity index (χ3v) is 4.98. The van der Waals surface area contributed by atoms with E-state index in [2.05, 4.69) is 42.6 Å². The Kier molecular flexibility index (Phi) is 4.39. The molecule has 21 heavy (non-hydrogen) atoms. The zero-order chi connectivity index (χ0) is 14.7. The van der Waals surface area contributed by atoms with E-state index in [-0.39, 0.29) is 5.91 Å². The predicted octanol–water partition coefficient (Wildman–Crippen LogP) is 4.36. The molecule has 0 atom stereocenters. The molecule has 1 aliphatic rings. The van der Waals surface area contributed by atoms with E-state index in [1.807, 2.05) is 4.90 Å². The molecule has 2 heterocycles. The number of aryl methyl sites for hydroxylation is 3. The first-order valence-corrected chi connectivity index (χ1v) is 8.54. The van der Waals surface area contributed by atoms with Gasteiger partial charge >= 0.3 is 0 Å². The molecule has 3 heteroatoms. The van der Waals surface area contributed by atoms with E-state index in [1.165, 1.54) is 16.0 Å². The van der Waals surface area contributed by atoms with Gasteiger partial charge in [0.2, 0.25) is 5.91 Å². The number of fused-ring (bicyclic) bond motifs is 1. The highest BCUT2D eigenvalue weighted by molar-refractivity contribution is 7.09. The van der Waals surface area contributed by atoms with Gasteiger partial charge in [0.25, 0.3) is 0 Å². The number of anilines is 1. The summed E-state index contributed by atoms with van der Waals surface area (Å²) in [5.41, 5.74) is 3.74. The van der Waals surface area contributed by atoms with Crippen molar-refractivity contribution >= 4 is 22.9 Å². The minimum absolute atomic E-state index is 0.274. The third kappa shape index (κ3) is 3.35. The minimum atomic E-state index is 0.274. The van der Waals surface area contributed by atoms with Gasteiger partial charge in [0, 0.05) is 23.5 Å². The molecule has 0 fully saturated rings. The molecule has 0 radical (unpaired) electrons. The van der Waals surface area contributed by atoms with Gasteiger partial charge in [-0.2, -0.15) is 0 Å². The van der Waals surface area contributed by atoms with Gasteiger partial charge in [-0.15, -0.1) is 11.3 Å². The quantitative estimate of drug-likeness (QED) is 0.821. The Morgan fingerprint density at radius 1 is 1.33 bits per heavy atom. The molecule has 0 saturated carbocycles. The summed E-state index contributed by atoms with van der Waals surface area (Å²) in [4.78, 5) is 15.9. The molecule has 1 aromatic heterocycles. The van der Waals surface area contributed by atoms with Crippen LogP contribution in [0.25, 0.3) is 0 Å². The first kappa shape index (κ1) is 14.3. The topological polar surface area (TPSA) is 20.3 Å². The zero-order valence-corrected chi connectivity index (χ0v) is 13.3. The molecule has 0 unspecified atom stereocenters. The van der Waals surface area contributed by atoms with Gasteiger partial charge in [-0.05, 0) is 55.7 Å². The van der Waals surface area contributed by atoms with Crippen molar-refractivity contribution in [2.45, 2.75) is 39.0 Å². The Morgan fingerprint density at radius 3 is 3.05 bits per heavy atom. The molecule has 1 aromatic carbocycles. The van der Waals surface area contributed by atoms with E-state index in [0.717, 1.165) is 37.9 Å². The smallest absolute Gasteiger partial charge is 0.226 e. The lowest BCUT2D eigenvalue weighted by atomic mass is 9.99. The Balaban J connectivity index is 1.63. The second-order valence-electron chi connectivity index (χ2n) is 5.71. The molecule has 1 amide bonds. The number of hydrogen-bond donors (Lipinski definition) is 0. The lowest BCUT2D eigenvalue weighted by molar-refractivity contribution is -0.118. The van der Waals surface area contributed by atoms with E-state index in [9.17, 15) is 4.79 Å². The molecule has 0 spiro atoms. The first-order chi connectivity index (χ1) is 10.2. The van der Waals surface area contributed by atoms with Crippen molar-refractivity contribution in [2.24, 2.45) is 0 Å². The molecule has 0 bridgehead atoms. The normalized spacial score (nSPS) is 14.0. The summed E-state index contributed by atoms with van der Waals surface area (Å²) in [7, 11) is 0. The summed E-state index contributed by atoms with van der Waals surface area (Å²) in [6.07, 6.45) is 4.77. The number of carbonyl (C=O) groups is 1. The van der Waals surface area contributed by atoms with Crippen LogP contribution >= 0.6 is 11.3 Å². The highest BCUT2D eigenvalue weighted by Crippen LogP contribution is 2.28. The maximum Gasteiger partial charge on any atom is 0.226 e. The van der Waals surface area contributed by atoms with Crippen molar-refractivity contribution in [3.05, 3.63) is 51.7 Å². The van der Waals surface area contributed by atoms with Crippen LogP contribution in [0, 0.1) is 6.92 Å². The fraction of sp³-hybridized carbons (Fsp3) is 0.389. The van der Waals surface area contributed by atoms with Gasteiger partial charge < -0.3 is 4.90 Å². The van der Waals surface area contributed by atoms with Gasteiger partial charge in [0.1, 0.15) is 0 Å². The molecule has 3 rings (SSSR count). The number of hydrogen-bond acceptors (Lipinski definition) is 2. The van der Waals surface area contributed by atoms with Crippen LogP contribution in [0.5, 0.6) is 0 Å². The molecule has 1 aliphatic heterocycles. The highest BCUT2D eigenvalue weighted by atomic mass is 32.1. The number of benzene rings is 1. The Hall–Kier alpha value is -1.61. The SMILES string of the molecule is Cc1ccc2c(c1)CCCN2C(=O)CCCc1cccs1. The molecule has 0 N–H and O–H groups in total. The van der Waals surface area contributed by atoms with E-state index in [0.29, 0.717) is 6.42 Å². The molecular weight excluding hydrogens is 278 g/mol. The summed E-state index contributed by atoms with van der Waals surface area (Å²) in [6.45, 7) is 2.98. The molecule has 0 aliphatic carbocycles. The van der Waals surface area contributed by atoms with Crippen molar-refractivity contribution in [1.82, 2.24) is 0 Å². The second kappa shape index (κ2) is 6.44. The van der Waals surface area contributed by atoms with Crippen LogP contribution in [0.3, 0.4) is 0 Å². The minimum Gasteiger partial charge on any atom is -0.312 e. The van der Waals surface area contributed by atoms with Gasteiger partial charge in [0.05, 0.1) is 0 Å². The van der Waals surface area contributed by atoms with Crippen LogP contribution in [0.2, 0.25) is 0 Å². The van der Waals surface area contributed by atoms with Crippen LogP contribution < -0.4 is 4.90 Å². The average Bonchev–Trinajstić information content (AvgIpc) is 2.99. The van der Waals surface area contributed by atoms with E-state index < -0.39 is 0 Å². The molecule has 2 aromatic rings. The first-order valence-electron chi connectivity index (χ1n) is 7.66. The summed E-state index contributed by atoms with van der Waals surface area (Å²) < 4.78 is 0. The fourth-order valence-corrected chi connectivity index (χ4v) is 3.74. The predicted molar refractivity (Wildman–Crippen MR) is 89.1 cm³/mol. The standard InChI is InChI=1S/C18H21NOS/c1-14-9-10-17-15(13-14)5-3-11-19(17)18(20)8-2-6-16-7-4-12-21-16/h4,7,9-10,12-13H,2-3,5-6,8,11H2,1H3. The fourth-order valence-electron chi connectivity index (χ4n) is 2.99. The van der Waals surface area contributed by atoms with E-state index in [4.69, 9.17) is 0 Å². The van der Waals surface area contributed by atoms with Crippen molar-refractivity contribution in [3.63, 3.8) is 0 Å². The monoisotopic (exact) mass is 299 g/mol. The number of rotatable bonds is 4. The second-order valence-corrected chi connectivity index (χ2v) is 6.75. The zero-order valence-electron chi connectivity index (χ0n) is 12.5. The van der Waals surface area contributed by atoms with Crippen LogP contribution in [-0.2, 0) is 17.6 Å². The summed E-state index contributed by atoms with van der Waals surface area (Å²) in [5, 5.41) is 2.10. The van der Waals surface area contributed by atoms with Crippen molar-refractivity contribution in [1.29, 1.82) is 0 Å². The largest absolute Gasteiger partial charge is 0.312 e. The molecule has 110 valence electrons. The summed E-state index contributed by atoms with van der Waals surface area (Å²) in [5.74, 6) is 0.274. The van der Waals surface area contributed by atoms with Gasteiger partial charge in [0.15, 0.2) is 0 Å². The maximum atomic E-state index is 12.5. The van der Waals surface area contributed by atoms with Gasteiger partial charge in [-0.3, -0.25) is 4.79 Å². The van der Waals surface area contributed by atoms with Crippen molar-refractivity contribution < 1.29 is 4.79 Å². The Morgan fingerprint density at radius 2 is 2.24 bits per heavy atom. The summed E-state index contributed by atoms with van der Waals surface area (Å²) in [6, 6.07) is 10.7. The molecular formula is C18H21NOS. The van der Waals surface area contributed by atoms with E-state index >= 15 is 0 Å². The van der Waals surface area contributed by atoms with Crippen LogP contribution in [0.4, 0.5) is 5.69 Å². The maximum absolute atomic E-state index is 12.5. The lowest BCUT2D eigenvalue weighted by Gasteiger charge is -2.30.